The maximum atomic E-state index is 13.6. The van der Waals surface area contributed by atoms with Crippen LogP contribution in [-0.2, 0) is 0 Å². The van der Waals surface area contributed by atoms with Crippen LogP contribution in [0.2, 0.25) is 5.02 Å². The van der Waals surface area contributed by atoms with E-state index in [9.17, 15) is 9.18 Å². The number of nitrogens with two attached hydrogens (primary N) is 1. The fourth-order valence-electron chi connectivity index (χ4n) is 1.18. The van der Waals surface area contributed by atoms with Gasteiger partial charge in [0, 0.05) is 17.5 Å². The Morgan fingerprint density at radius 3 is 2.80 bits per heavy atom. The molecule has 0 heterocycles. The van der Waals surface area contributed by atoms with Crippen LogP contribution in [-0.4, -0.2) is 19.4 Å². The van der Waals surface area contributed by atoms with Crippen molar-refractivity contribution in [3.8, 4) is 5.75 Å². The normalized spacial score (nSPS) is 10.1. The van der Waals surface area contributed by atoms with E-state index in [4.69, 9.17) is 22.1 Å². The molecule has 3 nitrogen and oxygen atoms in total. The van der Waals surface area contributed by atoms with Gasteiger partial charge < -0.3 is 10.5 Å². The first-order valence-electron chi connectivity index (χ1n) is 4.36. The van der Waals surface area contributed by atoms with Gasteiger partial charge in [0.05, 0.1) is 12.7 Å². The fraction of sp³-hybridized carbons (Fsp3) is 0.300. The van der Waals surface area contributed by atoms with Crippen molar-refractivity contribution in [1.82, 2.24) is 0 Å². The van der Waals surface area contributed by atoms with E-state index in [0.717, 1.165) is 0 Å². The molecule has 1 rings (SSSR count). The molecule has 0 saturated carbocycles. The van der Waals surface area contributed by atoms with Crippen molar-refractivity contribution < 1.29 is 13.9 Å². The molecular formula is C10H11ClFNO2. The second kappa shape index (κ2) is 5.09. The summed E-state index contributed by atoms with van der Waals surface area (Å²) in [7, 11) is 1.31. The van der Waals surface area contributed by atoms with Gasteiger partial charge in [-0.3, -0.25) is 4.79 Å². The summed E-state index contributed by atoms with van der Waals surface area (Å²) in [4.78, 5) is 11.5. The molecule has 0 unspecified atom stereocenters. The minimum atomic E-state index is -0.694. The molecule has 0 spiro atoms. The molecule has 0 bridgehead atoms. The number of methoxy groups -OCH3 is 1. The van der Waals surface area contributed by atoms with Crippen molar-refractivity contribution in [2.45, 2.75) is 6.42 Å². The van der Waals surface area contributed by atoms with Crippen molar-refractivity contribution in [2.24, 2.45) is 5.73 Å². The summed E-state index contributed by atoms with van der Waals surface area (Å²) in [5.74, 6) is -1.11. The summed E-state index contributed by atoms with van der Waals surface area (Å²) >= 11 is 5.71. The van der Waals surface area contributed by atoms with Crippen molar-refractivity contribution >= 4 is 17.4 Å². The summed E-state index contributed by atoms with van der Waals surface area (Å²) < 4.78 is 18.3. The van der Waals surface area contributed by atoms with Gasteiger partial charge in [-0.25, -0.2) is 4.39 Å². The Labute approximate surface area is 92.0 Å². The van der Waals surface area contributed by atoms with Gasteiger partial charge in [0.25, 0.3) is 0 Å². The molecule has 0 radical (unpaired) electrons. The zero-order valence-corrected chi connectivity index (χ0v) is 8.97. The molecule has 0 amide bonds. The Hall–Kier alpha value is -1.13. The summed E-state index contributed by atoms with van der Waals surface area (Å²) in [6.45, 7) is 0.174. The van der Waals surface area contributed by atoms with Crippen LogP contribution in [0, 0.1) is 5.82 Å². The smallest absolute Gasteiger partial charge is 0.175 e. The summed E-state index contributed by atoms with van der Waals surface area (Å²) in [5, 5.41) is 0.258. The Kier molecular flexibility index (Phi) is 4.05. The maximum Gasteiger partial charge on any atom is 0.175 e. The molecule has 0 aromatic heterocycles. The summed E-state index contributed by atoms with van der Waals surface area (Å²) in [6, 6.07) is 2.59. The minimum Gasteiger partial charge on any atom is -0.494 e. The molecule has 0 saturated heterocycles. The molecule has 0 aliphatic heterocycles. The van der Waals surface area contributed by atoms with Crippen LogP contribution in [0.25, 0.3) is 0 Å². The zero-order valence-electron chi connectivity index (χ0n) is 8.22. The van der Waals surface area contributed by atoms with Crippen molar-refractivity contribution in [1.29, 1.82) is 0 Å². The number of rotatable bonds is 4. The summed E-state index contributed by atoms with van der Waals surface area (Å²) in [6.07, 6.45) is 0.0837. The molecule has 2 N–H and O–H groups in total. The lowest BCUT2D eigenvalue weighted by atomic mass is 10.1. The number of ketones is 1. The molecule has 0 aliphatic rings. The van der Waals surface area contributed by atoms with Gasteiger partial charge >= 0.3 is 0 Å². The summed E-state index contributed by atoms with van der Waals surface area (Å²) in [5.41, 5.74) is 5.14. The maximum absolute atomic E-state index is 13.6. The van der Waals surface area contributed by atoms with Gasteiger partial charge in [-0.1, -0.05) is 11.6 Å². The van der Waals surface area contributed by atoms with Gasteiger partial charge in [0.15, 0.2) is 17.3 Å². The van der Waals surface area contributed by atoms with Gasteiger partial charge in [-0.2, -0.15) is 0 Å². The fourth-order valence-corrected chi connectivity index (χ4v) is 1.39. The average molecular weight is 232 g/mol. The highest BCUT2D eigenvalue weighted by Gasteiger charge is 2.16. The molecule has 5 heteroatoms. The van der Waals surface area contributed by atoms with Gasteiger partial charge in [-0.05, 0) is 12.6 Å². The molecule has 15 heavy (non-hydrogen) atoms. The third-order valence-corrected chi connectivity index (χ3v) is 2.11. The van der Waals surface area contributed by atoms with E-state index in [1.807, 2.05) is 0 Å². The van der Waals surface area contributed by atoms with E-state index in [-0.39, 0.29) is 35.1 Å². The highest BCUT2D eigenvalue weighted by atomic mass is 35.5. The van der Waals surface area contributed by atoms with E-state index in [1.54, 1.807) is 0 Å². The van der Waals surface area contributed by atoms with E-state index in [2.05, 4.69) is 0 Å². The minimum absolute atomic E-state index is 0.0390. The number of Topliss-reactive ketones (excluding diaryl/α,β-unsaturated/α-hetero) is 1. The largest absolute Gasteiger partial charge is 0.494 e. The van der Waals surface area contributed by atoms with Crippen LogP contribution < -0.4 is 10.5 Å². The zero-order chi connectivity index (χ0) is 11.4. The van der Waals surface area contributed by atoms with Crippen LogP contribution >= 0.6 is 11.6 Å². The molecule has 0 fully saturated rings. The van der Waals surface area contributed by atoms with Crippen molar-refractivity contribution in [3.63, 3.8) is 0 Å². The standard InChI is InChI=1S/C10H11ClFNO2/c1-15-9-5-6(11)4-7(10(9)12)8(14)2-3-13/h4-5H,2-3,13H2,1H3. The Bertz CT molecular complexity index is 382. The van der Waals surface area contributed by atoms with Crippen LogP contribution in [0.5, 0.6) is 5.75 Å². The van der Waals surface area contributed by atoms with Gasteiger partial charge in [0.2, 0.25) is 0 Å². The number of benzene rings is 1. The first-order chi connectivity index (χ1) is 7.10. The molecular weight excluding hydrogens is 221 g/mol. The third kappa shape index (κ3) is 2.67. The highest BCUT2D eigenvalue weighted by molar-refractivity contribution is 6.31. The van der Waals surface area contributed by atoms with Crippen LogP contribution in [0.15, 0.2) is 12.1 Å². The predicted molar refractivity (Wildman–Crippen MR) is 56.0 cm³/mol. The lowest BCUT2D eigenvalue weighted by molar-refractivity contribution is 0.0981. The van der Waals surface area contributed by atoms with Crippen LogP contribution in [0.4, 0.5) is 4.39 Å². The third-order valence-electron chi connectivity index (χ3n) is 1.90. The quantitative estimate of drug-likeness (QED) is 0.807. The number of carbonyl (C=O) groups is 1. The first kappa shape index (κ1) is 11.9. The molecule has 1 aromatic carbocycles. The SMILES string of the molecule is COc1cc(Cl)cc(C(=O)CCN)c1F. The Morgan fingerprint density at radius 1 is 1.60 bits per heavy atom. The average Bonchev–Trinajstić information content (AvgIpc) is 2.21. The first-order valence-corrected chi connectivity index (χ1v) is 4.74. The second-order valence-electron chi connectivity index (χ2n) is 2.93. The lowest BCUT2D eigenvalue weighted by Gasteiger charge is -2.07. The van der Waals surface area contributed by atoms with E-state index >= 15 is 0 Å². The van der Waals surface area contributed by atoms with Gasteiger partial charge in [-0.15, -0.1) is 0 Å². The monoisotopic (exact) mass is 231 g/mol. The molecule has 1 aromatic rings. The lowest BCUT2D eigenvalue weighted by Crippen LogP contribution is -2.10. The van der Waals surface area contributed by atoms with E-state index in [1.165, 1.54) is 19.2 Å². The van der Waals surface area contributed by atoms with E-state index < -0.39 is 5.82 Å². The number of halogens is 2. The second-order valence-corrected chi connectivity index (χ2v) is 3.37. The molecule has 0 atom stereocenters. The number of hydrogen-bond acceptors (Lipinski definition) is 3. The highest BCUT2D eigenvalue weighted by Crippen LogP contribution is 2.26. The Balaban J connectivity index is 3.17. The van der Waals surface area contributed by atoms with Crippen LogP contribution in [0.1, 0.15) is 16.8 Å². The molecule has 82 valence electrons. The number of carbonyl (C=O) groups excluding carboxylic acids is 1. The van der Waals surface area contributed by atoms with Crippen LogP contribution in [0.3, 0.4) is 0 Å². The predicted octanol–water partition coefficient (Wildman–Crippen LogP) is 2.02. The van der Waals surface area contributed by atoms with Crippen molar-refractivity contribution in [3.05, 3.63) is 28.5 Å². The molecule has 0 aliphatic carbocycles. The van der Waals surface area contributed by atoms with Crippen molar-refractivity contribution in [2.75, 3.05) is 13.7 Å². The number of ether oxygens (including phenoxy) is 1. The van der Waals surface area contributed by atoms with E-state index in [0.29, 0.717) is 0 Å². The van der Waals surface area contributed by atoms with Gasteiger partial charge in [0.1, 0.15) is 0 Å². The Morgan fingerprint density at radius 2 is 2.27 bits per heavy atom. The number of hydrogen-bond donors (Lipinski definition) is 1. The topological polar surface area (TPSA) is 52.3 Å².